The molecule has 3 aromatic heterocycles. The van der Waals surface area contributed by atoms with E-state index in [0.717, 1.165) is 0 Å². The molecule has 0 aliphatic heterocycles. The van der Waals surface area contributed by atoms with Crippen LogP contribution in [0.25, 0.3) is 16.9 Å². The van der Waals surface area contributed by atoms with Gasteiger partial charge in [0.1, 0.15) is 11.3 Å². The Hall–Kier alpha value is -2.87. The van der Waals surface area contributed by atoms with Crippen molar-refractivity contribution in [1.82, 2.24) is 9.38 Å². The van der Waals surface area contributed by atoms with Crippen LogP contribution in [-0.2, 0) is 4.74 Å². The maximum Gasteiger partial charge on any atom is 0.412 e. The van der Waals surface area contributed by atoms with Crippen molar-refractivity contribution in [3.8, 4) is 11.3 Å². The summed E-state index contributed by atoms with van der Waals surface area (Å²) in [5.41, 5.74) is 1.19. The average Bonchev–Trinajstić information content (AvgIpc) is 3.12. The Kier molecular flexibility index (Phi) is 4.22. The molecule has 0 aliphatic carbocycles. The van der Waals surface area contributed by atoms with Crippen LogP contribution in [0.4, 0.5) is 10.5 Å². The molecular weight excluding hydrogens is 342 g/mol. The molecule has 7 nitrogen and oxygen atoms in total. The van der Waals surface area contributed by atoms with E-state index >= 15 is 0 Å². The second-order valence-corrected chi connectivity index (χ2v) is 7.15. The first-order valence-electron chi connectivity index (χ1n) is 7.53. The van der Waals surface area contributed by atoms with Crippen LogP contribution in [0.1, 0.15) is 31.3 Å². The van der Waals surface area contributed by atoms with Crippen LogP contribution in [-0.4, -0.2) is 32.2 Å². The van der Waals surface area contributed by atoms with Crippen molar-refractivity contribution in [2.45, 2.75) is 26.4 Å². The molecule has 130 valence electrons. The van der Waals surface area contributed by atoms with Gasteiger partial charge in [-0.3, -0.25) is 9.72 Å². The highest BCUT2D eigenvalue weighted by atomic mass is 32.1. The van der Waals surface area contributed by atoms with Gasteiger partial charge in [-0.1, -0.05) is 0 Å². The highest BCUT2D eigenvalue weighted by molar-refractivity contribution is 7.08. The molecule has 2 N–H and O–H groups in total. The van der Waals surface area contributed by atoms with Crippen LogP contribution in [0.5, 0.6) is 0 Å². The third kappa shape index (κ3) is 3.48. The summed E-state index contributed by atoms with van der Waals surface area (Å²) in [4.78, 5) is 28.2. The lowest BCUT2D eigenvalue weighted by atomic mass is 10.2. The summed E-state index contributed by atoms with van der Waals surface area (Å²) in [5.74, 6) is -1.09. The minimum Gasteiger partial charge on any atom is -0.476 e. The molecule has 3 heterocycles. The maximum atomic E-state index is 12.0. The number of carboxylic acid groups (broad SMARTS) is 1. The number of ether oxygens (including phenoxy) is 1. The number of aromatic nitrogens is 2. The van der Waals surface area contributed by atoms with E-state index in [1.165, 1.54) is 15.7 Å². The van der Waals surface area contributed by atoms with Crippen molar-refractivity contribution >= 4 is 34.7 Å². The first kappa shape index (κ1) is 17.0. The van der Waals surface area contributed by atoms with Gasteiger partial charge >= 0.3 is 12.1 Å². The van der Waals surface area contributed by atoms with Gasteiger partial charge in [-0.15, -0.1) is 0 Å². The molecule has 0 radical (unpaired) electrons. The number of fused-ring (bicyclic) bond motifs is 1. The van der Waals surface area contributed by atoms with Gasteiger partial charge in [-0.2, -0.15) is 11.3 Å². The molecule has 0 aromatic carbocycles. The molecule has 0 bridgehead atoms. The lowest BCUT2D eigenvalue weighted by molar-refractivity contribution is 0.0634. The topological polar surface area (TPSA) is 92.9 Å². The van der Waals surface area contributed by atoms with Crippen LogP contribution in [0.3, 0.4) is 0 Å². The number of aromatic carboxylic acids is 1. The zero-order chi connectivity index (χ0) is 18.2. The normalized spacial score (nSPS) is 11.5. The number of nitrogens with zero attached hydrogens (tertiary/aromatic N) is 2. The minimum absolute atomic E-state index is 0.0428. The summed E-state index contributed by atoms with van der Waals surface area (Å²) >= 11 is 1.45. The van der Waals surface area contributed by atoms with Crippen molar-refractivity contribution in [1.29, 1.82) is 0 Å². The number of carbonyl (C=O) groups is 2. The summed E-state index contributed by atoms with van der Waals surface area (Å²) in [6, 6.07) is 5.10. The Morgan fingerprint density at radius 3 is 2.68 bits per heavy atom. The monoisotopic (exact) mass is 359 g/mol. The quantitative estimate of drug-likeness (QED) is 0.734. The Bertz CT molecular complexity index is 939. The predicted octanol–water partition coefficient (Wildman–Crippen LogP) is 4.11. The van der Waals surface area contributed by atoms with Crippen molar-refractivity contribution < 1.29 is 19.4 Å². The number of imidazole rings is 1. The van der Waals surface area contributed by atoms with E-state index in [4.69, 9.17) is 4.74 Å². The van der Waals surface area contributed by atoms with Crippen molar-refractivity contribution in [3.63, 3.8) is 0 Å². The molecule has 1 amide bonds. The Morgan fingerprint density at radius 2 is 2.08 bits per heavy atom. The summed E-state index contributed by atoms with van der Waals surface area (Å²) < 4.78 is 6.69. The van der Waals surface area contributed by atoms with E-state index in [2.05, 4.69) is 10.3 Å². The molecule has 0 atom stereocenters. The van der Waals surface area contributed by atoms with E-state index in [1.54, 1.807) is 45.2 Å². The van der Waals surface area contributed by atoms with E-state index < -0.39 is 17.7 Å². The third-order valence-corrected chi connectivity index (χ3v) is 3.97. The van der Waals surface area contributed by atoms with Gasteiger partial charge in [0, 0.05) is 17.1 Å². The number of carboxylic acids is 1. The largest absolute Gasteiger partial charge is 0.476 e. The van der Waals surface area contributed by atoms with E-state index in [-0.39, 0.29) is 5.69 Å². The van der Waals surface area contributed by atoms with Crippen LogP contribution < -0.4 is 5.32 Å². The Morgan fingerprint density at radius 1 is 1.32 bits per heavy atom. The Balaban J connectivity index is 2.09. The molecule has 25 heavy (non-hydrogen) atoms. The zero-order valence-corrected chi connectivity index (χ0v) is 14.8. The van der Waals surface area contributed by atoms with Gasteiger partial charge < -0.3 is 9.84 Å². The van der Waals surface area contributed by atoms with Gasteiger partial charge in [0.05, 0.1) is 5.69 Å². The number of carbonyl (C=O) groups excluding carboxylic acids is 1. The molecule has 0 unspecified atom stereocenters. The fourth-order valence-electron chi connectivity index (χ4n) is 2.38. The molecule has 0 fully saturated rings. The van der Waals surface area contributed by atoms with Gasteiger partial charge in [0.25, 0.3) is 0 Å². The molecule has 0 spiro atoms. The average molecular weight is 359 g/mol. The number of nitrogens with one attached hydrogen (secondary N) is 1. The summed E-state index contributed by atoms with van der Waals surface area (Å²) in [7, 11) is 0. The smallest absolute Gasteiger partial charge is 0.412 e. The fraction of sp³-hybridized carbons (Fsp3) is 0.235. The Labute approximate surface area is 147 Å². The minimum atomic E-state index is -1.09. The number of anilines is 1. The van der Waals surface area contributed by atoms with Gasteiger partial charge in [-0.05, 0) is 44.4 Å². The van der Waals surface area contributed by atoms with Crippen LogP contribution in [0.2, 0.25) is 0 Å². The molecule has 3 rings (SSSR count). The highest BCUT2D eigenvalue weighted by Crippen LogP contribution is 2.29. The van der Waals surface area contributed by atoms with Crippen LogP contribution in [0.15, 0.2) is 35.2 Å². The maximum absolute atomic E-state index is 12.0. The summed E-state index contributed by atoms with van der Waals surface area (Å²) in [6.07, 6.45) is 0.972. The predicted molar refractivity (Wildman–Crippen MR) is 95.3 cm³/mol. The van der Waals surface area contributed by atoms with Crippen molar-refractivity contribution in [2.24, 2.45) is 0 Å². The summed E-state index contributed by atoms with van der Waals surface area (Å²) in [5, 5.41) is 15.9. The van der Waals surface area contributed by atoms with E-state index in [9.17, 15) is 14.7 Å². The van der Waals surface area contributed by atoms with Gasteiger partial charge in [0.2, 0.25) is 0 Å². The molecule has 0 aliphatic rings. The first-order chi connectivity index (χ1) is 11.8. The van der Waals surface area contributed by atoms with Crippen LogP contribution >= 0.6 is 11.3 Å². The zero-order valence-electron chi connectivity index (χ0n) is 13.9. The van der Waals surface area contributed by atoms with Gasteiger partial charge in [0.15, 0.2) is 11.3 Å². The molecule has 0 saturated carbocycles. The van der Waals surface area contributed by atoms with E-state index in [1.807, 2.05) is 10.8 Å². The SMILES string of the molecule is CC(C)(C)OC(=O)Nc1cccn2c(C(=O)O)c(-c3ccsc3)nc12. The fourth-order valence-corrected chi connectivity index (χ4v) is 3.02. The second-order valence-electron chi connectivity index (χ2n) is 6.37. The molecule has 0 saturated heterocycles. The van der Waals surface area contributed by atoms with E-state index in [0.29, 0.717) is 22.6 Å². The van der Waals surface area contributed by atoms with Gasteiger partial charge in [-0.25, -0.2) is 14.6 Å². The summed E-state index contributed by atoms with van der Waals surface area (Å²) in [6.45, 7) is 5.29. The van der Waals surface area contributed by atoms with Crippen LogP contribution in [0, 0.1) is 0 Å². The number of hydrogen-bond acceptors (Lipinski definition) is 5. The lowest BCUT2D eigenvalue weighted by Gasteiger charge is -2.19. The van der Waals surface area contributed by atoms with Crippen molar-refractivity contribution in [3.05, 3.63) is 40.8 Å². The molecule has 3 aromatic rings. The molecular formula is C17H17N3O4S. The standard InChI is InChI=1S/C17H17N3O4S/c1-17(2,3)24-16(23)18-11-5-4-7-20-13(15(21)22)12(19-14(11)20)10-6-8-25-9-10/h4-9H,1-3H3,(H,18,23)(H,21,22). The number of hydrogen-bond donors (Lipinski definition) is 2. The van der Waals surface area contributed by atoms with Crippen molar-refractivity contribution in [2.75, 3.05) is 5.32 Å². The second kappa shape index (κ2) is 6.21. The first-order valence-corrected chi connectivity index (χ1v) is 8.47. The highest BCUT2D eigenvalue weighted by Gasteiger charge is 2.23. The number of thiophene rings is 1. The number of rotatable bonds is 3. The third-order valence-electron chi connectivity index (χ3n) is 3.28. The molecule has 8 heteroatoms. The number of pyridine rings is 1. The lowest BCUT2D eigenvalue weighted by Crippen LogP contribution is -2.27. The number of amides is 1.